The Balaban J connectivity index is 1.80. The van der Waals surface area contributed by atoms with Crippen molar-refractivity contribution in [3.05, 3.63) is 30.3 Å². The fourth-order valence-electron chi connectivity index (χ4n) is 2.74. The van der Waals surface area contributed by atoms with Gasteiger partial charge in [-0.15, -0.1) is 0 Å². The van der Waals surface area contributed by atoms with Crippen LogP contribution in [0.5, 0.6) is 5.75 Å². The molecule has 0 unspecified atom stereocenters. The lowest BCUT2D eigenvalue weighted by Crippen LogP contribution is -2.39. The molecular formula is C16H23NO2. The summed E-state index contributed by atoms with van der Waals surface area (Å²) >= 11 is 0. The molecule has 1 fully saturated rings. The second kappa shape index (κ2) is 7.17. The maximum Gasteiger partial charge on any atom is 0.412 e. The Morgan fingerprint density at radius 3 is 2.42 bits per heavy atom. The highest BCUT2D eigenvalue weighted by Crippen LogP contribution is 2.25. The number of hydrogen-bond acceptors (Lipinski definition) is 2. The van der Waals surface area contributed by atoms with Crippen LogP contribution in [-0.4, -0.2) is 12.1 Å². The average molecular weight is 261 g/mol. The first-order valence-corrected chi connectivity index (χ1v) is 7.29. The van der Waals surface area contributed by atoms with Crippen molar-refractivity contribution >= 4 is 6.09 Å². The van der Waals surface area contributed by atoms with Crippen LogP contribution in [0.1, 0.15) is 45.4 Å². The Morgan fingerprint density at radius 2 is 1.79 bits per heavy atom. The van der Waals surface area contributed by atoms with Crippen LogP contribution in [0.2, 0.25) is 0 Å². The Hall–Kier alpha value is -1.51. The van der Waals surface area contributed by atoms with Crippen molar-refractivity contribution in [1.82, 2.24) is 5.32 Å². The summed E-state index contributed by atoms with van der Waals surface area (Å²) in [5, 5.41) is 2.96. The number of benzene rings is 1. The number of ether oxygens (including phenoxy) is 1. The van der Waals surface area contributed by atoms with E-state index in [1.165, 1.54) is 38.5 Å². The van der Waals surface area contributed by atoms with Gasteiger partial charge in [0.1, 0.15) is 5.75 Å². The lowest BCUT2D eigenvalue weighted by molar-refractivity contribution is 0.190. The Bertz CT molecular complexity index is 383. The van der Waals surface area contributed by atoms with Gasteiger partial charge in [-0.2, -0.15) is 0 Å². The summed E-state index contributed by atoms with van der Waals surface area (Å²) in [6.07, 6.45) is 7.31. The van der Waals surface area contributed by atoms with Crippen molar-refractivity contribution in [2.24, 2.45) is 5.92 Å². The molecule has 0 radical (unpaired) electrons. The maximum atomic E-state index is 11.8. The summed E-state index contributed by atoms with van der Waals surface area (Å²) in [6, 6.07) is 9.38. The van der Waals surface area contributed by atoms with Crippen molar-refractivity contribution in [2.75, 3.05) is 0 Å². The molecule has 3 nitrogen and oxygen atoms in total. The summed E-state index contributed by atoms with van der Waals surface area (Å²) < 4.78 is 5.26. The molecule has 1 atom stereocenters. The van der Waals surface area contributed by atoms with Crippen LogP contribution in [-0.2, 0) is 0 Å². The van der Waals surface area contributed by atoms with E-state index in [4.69, 9.17) is 4.74 Å². The molecule has 0 bridgehead atoms. The zero-order chi connectivity index (χ0) is 13.5. The van der Waals surface area contributed by atoms with Gasteiger partial charge in [0.05, 0.1) is 0 Å². The van der Waals surface area contributed by atoms with Crippen molar-refractivity contribution in [2.45, 2.75) is 51.5 Å². The lowest BCUT2D eigenvalue weighted by Gasteiger charge is -2.23. The highest BCUT2D eigenvalue weighted by atomic mass is 16.6. The molecule has 1 aliphatic rings. The Morgan fingerprint density at radius 1 is 1.16 bits per heavy atom. The fraction of sp³-hybridized carbons (Fsp3) is 0.562. The van der Waals surface area contributed by atoms with Crippen LogP contribution in [0.3, 0.4) is 0 Å². The van der Waals surface area contributed by atoms with Crippen LogP contribution >= 0.6 is 0 Å². The van der Waals surface area contributed by atoms with Gasteiger partial charge in [0.15, 0.2) is 0 Å². The monoisotopic (exact) mass is 261 g/mol. The van der Waals surface area contributed by atoms with E-state index in [1.807, 2.05) is 18.2 Å². The topological polar surface area (TPSA) is 38.3 Å². The second-order valence-corrected chi connectivity index (χ2v) is 5.39. The third-order valence-electron chi connectivity index (χ3n) is 3.91. The van der Waals surface area contributed by atoms with Crippen molar-refractivity contribution in [3.63, 3.8) is 0 Å². The molecule has 2 rings (SSSR count). The Kier molecular flexibility index (Phi) is 5.25. The first-order valence-electron chi connectivity index (χ1n) is 7.29. The van der Waals surface area contributed by atoms with Crippen molar-refractivity contribution < 1.29 is 9.53 Å². The van der Waals surface area contributed by atoms with E-state index >= 15 is 0 Å². The van der Waals surface area contributed by atoms with Gasteiger partial charge in [0.25, 0.3) is 0 Å². The van der Waals surface area contributed by atoms with E-state index in [0.717, 1.165) is 0 Å². The van der Waals surface area contributed by atoms with E-state index in [0.29, 0.717) is 11.7 Å². The smallest absolute Gasteiger partial charge is 0.410 e. The first kappa shape index (κ1) is 13.9. The molecule has 1 saturated carbocycles. The van der Waals surface area contributed by atoms with Gasteiger partial charge in [-0.05, 0) is 37.8 Å². The van der Waals surface area contributed by atoms with E-state index in [9.17, 15) is 4.79 Å². The summed E-state index contributed by atoms with van der Waals surface area (Å²) in [5.41, 5.74) is 0. The number of carbonyl (C=O) groups excluding carboxylic acids is 1. The summed E-state index contributed by atoms with van der Waals surface area (Å²) in [6.45, 7) is 2.09. The second-order valence-electron chi connectivity index (χ2n) is 5.39. The van der Waals surface area contributed by atoms with Gasteiger partial charge in [0.2, 0.25) is 0 Å². The molecule has 1 aromatic carbocycles. The van der Waals surface area contributed by atoms with E-state index in [-0.39, 0.29) is 12.1 Å². The fourth-order valence-corrected chi connectivity index (χ4v) is 2.74. The van der Waals surface area contributed by atoms with Crippen LogP contribution < -0.4 is 10.1 Å². The number of hydrogen-bond donors (Lipinski definition) is 1. The molecule has 1 N–H and O–H groups in total. The van der Waals surface area contributed by atoms with Gasteiger partial charge >= 0.3 is 6.09 Å². The van der Waals surface area contributed by atoms with Crippen molar-refractivity contribution in [1.29, 1.82) is 0 Å². The van der Waals surface area contributed by atoms with E-state index in [1.54, 1.807) is 12.1 Å². The van der Waals surface area contributed by atoms with Gasteiger partial charge in [-0.25, -0.2) is 4.79 Å². The molecule has 1 amide bonds. The summed E-state index contributed by atoms with van der Waals surface area (Å²) in [5.74, 6) is 1.18. The third-order valence-corrected chi connectivity index (χ3v) is 3.91. The number of nitrogens with one attached hydrogen (secondary N) is 1. The SMILES string of the molecule is C[C@@H](NC(=O)Oc1ccccc1)C1CCCCCC1. The van der Waals surface area contributed by atoms with E-state index < -0.39 is 0 Å². The molecule has 19 heavy (non-hydrogen) atoms. The standard InChI is InChI=1S/C16H23NO2/c1-13(14-9-5-2-3-6-10-14)17-16(18)19-15-11-7-4-8-12-15/h4,7-8,11-14H,2-3,5-6,9-10H2,1H3,(H,17,18)/t13-/m1/s1. The highest BCUT2D eigenvalue weighted by molar-refractivity contribution is 5.70. The maximum absolute atomic E-state index is 11.8. The Labute approximate surface area is 115 Å². The summed E-state index contributed by atoms with van der Waals surface area (Å²) in [7, 11) is 0. The predicted molar refractivity (Wildman–Crippen MR) is 76.3 cm³/mol. The lowest BCUT2D eigenvalue weighted by atomic mass is 9.93. The molecule has 1 aliphatic carbocycles. The van der Waals surface area contributed by atoms with E-state index in [2.05, 4.69) is 12.2 Å². The molecule has 0 saturated heterocycles. The molecule has 104 valence electrons. The van der Waals surface area contributed by atoms with Gasteiger partial charge < -0.3 is 10.1 Å². The molecule has 0 aromatic heterocycles. The number of para-hydroxylation sites is 1. The zero-order valence-corrected chi connectivity index (χ0v) is 11.6. The zero-order valence-electron chi connectivity index (χ0n) is 11.6. The van der Waals surface area contributed by atoms with Gasteiger partial charge in [-0.3, -0.25) is 0 Å². The third kappa shape index (κ3) is 4.58. The highest BCUT2D eigenvalue weighted by Gasteiger charge is 2.21. The number of rotatable bonds is 3. The first-order chi connectivity index (χ1) is 9.25. The molecule has 1 aromatic rings. The number of amides is 1. The normalized spacial score (nSPS) is 18.4. The summed E-state index contributed by atoms with van der Waals surface area (Å²) in [4.78, 5) is 11.8. The average Bonchev–Trinajstić information content (AvgIpc) is 2.68. The molecular weight excluding hydrogens is 238 g/mol. The van der Waals surface area contributed by atoms with Crippen LogP contribution in [0.4, 0.5) is 4.79 Å². The van der Waals surface area contributed by atoms with Crippen LogP contribution in [0.25, 0.3) is 0 Å². The predicted octanol–water partition coefficient (Wildman–Crippen LogP) is 4.13. The molecule has 0 spiro atoms. The minimum Gasteiger partial charge on any atom is -0.410 e. The van der Waals surface area contributed by atoms with Crippen LogP contribution in [0, 0.1) is 5.92 Å². The quantitative estimate of drug-likeness (QED) is 0.831. The largest absolute Gasteiger partial charge is 0.412 e. The molecule has 0 aliphatic heterocycles. The van der Waals surface area contributed by atoms with Gasteiger partial charge in [-0.1, -0.05) is 43.9 Å². The number of carbonyl (C=O) groups is 1. The molecule has 3 heteroatoms. The van der Waals surface area contributed by atoms with Crippen LogP contribution in [0.15, 0.2) is 30.3 Å². The minimum absolute atomic E-state index is 0.189. The molecule has 0 heterocycles. The van der Waals surface area contributed by atoms with Crippen molar-refractivity contribution in [3.8, 4) is 5.75 Å². The van der Waals surface area contributed by atoms with Gasteiger partial charge in [0, 0.05) is 6.04 Å². The minimum atomic E-state index is -0.344.